The van der Waals surface area contributed by atoms with Gasteiger partial charge < -0.3 is 10.4 Å². The summed E-state index contributed by atoms with van der Waals surface area (Å²) in [5.41, 5.74) is 0.0293. The molecule has 4 heteroatoms. The van der Waals surface area contributed by atoms with Crippen molar-refractivity contribution in [3.63, 3.8) is 0 Å². The standard InChI is InChI=1S/C11H14INO2/c1-11(2,7-14)13-10(15)8-4-3-5-9(12)6-8/h3-6,14H,7H2,1-2H3,(H,13,15). The number of carbonyl (C=O) groups excluding carboxylic acids is 1. The fourth-order valence-electron chi connectivity index (χ4n) is 1.05. The van der Waals surface area contributed by atoms with E-state index in [-0.39, 0.29) is 12.5 Å². The number of aliphatic hydroxyl groups excluding tert-OH is 1. The monoisotopic (exact) mass is 319 g/mol. The second kappa shape index (κ2) is 4.94. The first kappa shape index (κ1) is 12.4. The van der Waals surface area contributed by atoms with Crippen LogP contribution in [0.5, 0.6) is 0 Å². The van der Waals surface area contributed by atoms with Crippen molar-refractivity contribution in [2.45, 2.75) is 19.4 Å². The minimum absolute atomic E-state index is 0.0807. The lowest BCUT2D eigenvalue weighted by Crippen LogP contribution is -2.46. The lowest BCUT2D eigenvalue weighted by molar-refractivity contribution is 0.0869. The van der Waals surface area contributed by atoms with Gasteiger partial charge in [0.25, 0.3) is 5.91 Å². The van der Waals surface area contributed by atoms with Gasteiger partial charge in [0.15, 0.2) is 0 Å². The Balaban J connectivity index is 2.78. The maximum Gasteiger partial charge on any atom is 0.251 e. The van der Waals surface area contributed by atoms with E-state index in [4.69, 9.17) is 5.11 Å². The minimum atomic E-state index is -0.585. The molecule has 0 saturated carbocycles. The molecule has 0 unspecified atom stereocenters. The molecule has 0 saturated heterocycles. The van der Waals surface area contributed by atoms with Gasteiger partial charge in [-0.05, 0) is 54.6 Å². The third-order valence-electron chi connectivity index (χ3n) is 1.93. The molecule has 1 aromatic rings. The van der Waals surface area contributed by atoms with Gasteiger partial charge in [0.05, 0.1) is 12.1 Å². The van der Waals surface area contributed by atoms with Crippen LogP contribution in [-0.2, 0) is 0 Å². The first-order valence-corrected chi connectivity index (χ1v) is 5.71. The number of rotatable bonds is 3. The largest absolute Gasteiger partial charge is 0.394 e. The molecule has 1 aromatic carbocycles. The van der Waals surface area contributed by atoms with Crippen molar-refractivity contribution >= 4 is 28.5 Å². The normalized spacial score (nSPS) is 11.2. The minimum Gasteiger partial charge on any atom is -0.394 e. The van der Waals surface area contributed by atoms with Gasteiger partial charge >= 0.3 is 0 Å². The highest BCUT2D eigenvalue weighted by atomic mass is 127. The molecular weight excluding hydrogens is 305 g/mol. The molecule has 0 bridgehead atoms. The molecule has 1 rings (SSSR count). The lowest BCUT2D eigenvalue weighted by Gasteiger charge is -2.23. The number of nitrogens with one attached hydrogen (secondary N) is 1. The predicted octanol–water partition coefficient (Wildman–Crippen LogP) is 1.79. The smallest absolute Gasteiger partial charge is 0.251 e. The van der Waals surface area contributed by atoms with Crippen molar-refractivity contribution in [1.29, 1.82) is 0 Å². The van der Waals surface area contributed by atoms with Crippen molar-refractivity contribution in [2.24, 2.45) is 0 Å². The van der Waals surface area contributed by atoms with Gasteiger partial charge in [0.1, 0.15) is 0 Å². The van der Waals surface area contributed by atoms with E-state index in [1.54, 1.807) is 19.9 Å². The summed E-state index contributed by atoms with van der Waals surface area (Å²) in [5.74, 6) is -0.160. The number of halogens is 1. The zero-order valence-corrected chi connectivity index (χ0v) is 10.9. The van der Waals surface area contributed by atoms with Crippen molar-refractivity contribution in [1.82, 2.24) is 5.32 Å². The van der Waals surface area contributed by atoms with Gasteiger partial charge in [-0.15, -0.1) is 0 Å². The molecular formula is C11H14INO2. The van der Waals surface area contributed by atoms with E-state index < -0.39 is 5.54 Å². The summed E-state index contributed by atoms with van der Waals surface area (Å²) in [7, 11) is 0. The molecule has 0 atom stereocenters. The Morgan fingerprint density at radius 1 is 1.53 bits per heavy atom. The highest BCUT2D eigenvalue weighted by molar-refractivity contribution is 14.1. The molecule has 0 fully saturated rings. The van der Waals surface area contributed by atoms with Crippen LogP contribution in [0.1, 0.15) is 24.2 Å². The molecule has 0 spiro atoms. The maximum atomic E-state index is 11.7. The zero-order valence-electron chi connectivity index (χ0n) is 8.75. The molecule has 0 aliphatic rings. The second-order valence-electron chi connectivity index (χ2n) is 4.01. The van der Waals surface area contributed by atoms with E-state index in [2.05, 4.69) is 27.9 Å². The van der Waals surface area contributed by atoms with Crippen LogP contribution in [0.15, 0.2) is 24.3 Å². The van der Waals surface area contributed by atoms with Crippen LogP contribution in [-0.4, -0.2) is 23.2 Å². The Kier molecular flexibility index (Phi) is 4.10. The van der Waals surface area contributed by atoms with Crippen molar-refractivity contribution in [3.05, 3.63) is 33.4 Å². The van der Waals surface area contributed by atoms with Gasteiger partial charge in [-0.3, -0.25) is 4.79 Å². The van der Waals surface area contributed by atoms with Gasteiger partial charge in [-0.1, -0.05) is 6.07 Å². The van der Waals surface area contributed by atoms with E-state index >= 15 is 0 Å². The third kappa shape index (κ3) is 3.79. The fraction of sp³-hybridized carbons (Fsp3) is 0.364. The number of hydrogen-bond donors (Lipinski definition) is 2. The molecule has 0 aromatic heterocycles. The third-order valence-corrected chi connectivity index (χ3v) is 2.61. The summed E-state index contributed by atoms with van der Waals surface area (Å²) < 4.78 is 1.02. The average molecular weight is 319 g/mol. The Hall–Kier alpha value is -0.620. The first-order chi connectivity index (χ1) is 6.94. The molecule has 15 heavy (non-hydrogen) atoms. The van der Waals surface area contributed by atoms with E-state index in [0.717, 1.165) is 3.57 Å². The van der Waals surface area contributed by atoms with Gasteiger partial charge in [0, 0.05) is 9.13 Å². The van der Waals surface area contributed by atoms with Crippen LogP contribution in [0.2, 0.25) is 0 Å². The molecule has 0 aliphatic heterocycles. The van der Waals surface area contributed by atoms with Crippen molar-refractivity contribution in [3.8, 4) is 0 Å². The molecule has 82 valence electrons. The van der Waals surface area contributed by atoms with Crippen molar-refractivity contribution < 1.29 is 9.90 Å². The first-order valence-electron chi connectivity index (χ1n) is 4.63. The van der Waals surface area contributed by atoms with E-state index in [1.807, 2.05) is 18.2 Å². The van der Waals surface area contributed by atoms with Gasteiger partial charge in [0.2, 0.25) is 0 Å². The molecule has 2 N–H and O–H groups in total. The van der Waals surface area contributed by atoms with E-state index in [9.17, 15) is 4.79 Å². The number of amides is 1. The van der Waals surface area contributed by atoms with Crippen LogP contribution in [0, 0.1) is 3.57 Å². The fourth-order valence-corrected chi connectivity index (χ4v) is 1.59. The highest BCUT2D eigenvalue weighted by Gasteiger charge is 2.19. The van der Waals surface area contributed by atoms with Crippen LogP contribution in [0.4, 0.5) is 0 Å². The number of carbonyl (C=O) groups is 1. The number of aliphatic hydroxyl groups is 1. The summed E-state index contributed by atoms with van der Waals surface area (Å²) >= 11 is 2.16. The summed E-state index contributed by atoms with van der Waals surface area (Å²) in [6.07, 6.45) is 0. The number of hydrogen-bond acceptors (Lipinski definition) is 2. The Morgan fingerprint density at radius 3 is 2.73 bits per heavy atom. The summed E-state index contributed by atoms with van der Waals surface area (Å²) in [6.45, 7) is 3.47. The molecule has 0 radical (unpaired) electrons. The average Bonchev–Trinajstić information content (AvgIpc) is 2.17. The van der Waals surface area contributed by atoms with Gasteiger partial charge in [-0.2, -0.15) is 0 Å². The SMILES string of the molecule is CC(C)(CO)NC(=O)c1cccc(I)c1. The number of benzene rings is 1. The summed E-state index contributed by atoms with van der Waals surface area (Å²) in [5, 5.41) is 11.8. The van der Waals surface area contributed by atoms with E-state index in [0.29, 0.717) is 5.56 Å². The Morgan fingerprint density at radius 2 is 2.20 bits per heavy atom. The van der Waals surface area contributed by atoms with Crippen molar-refractivity contribution in [2.75, 3.05) is 6.61 Å². The maximum absolute atomic E-state index is 11.7. The quantitative estimate of drug-likeness (QED) is 0.835. The van der Waals surface area contributed by atoms with Crippen LogP contribution in [0.25, 0.3) is 0 Å². The summed E-state index contributed by atoms with van der Waals surface area (Å²) in [4.78, 5) is 11.7. The Labute approximate surface area is 103 Å². The van der Waals surface area contributed by atoms with E-state index in [1.165, 1.54) is 0 Å². The Bertz CT molecular complexity index is 363. The predicted molar refractivity (Wildman–Crippen MR) is 67.8 cm³/mol. The van der Waals surface area contributed by atoms with Crippen LogP contribution in [0.3, 0.4) is 0 Å². The van der Waals surface area contributed by atoms with Gasteiger partial charge in [-0.25, -0.2) is 0 Å². The highest BCUT2D eigenvalue weighted by Crippen LogP contribution is 2.09. The zero-order chi connectivity index (χ0) is 11.5. The molecule has 1 amide bonds. The van der Waals surface area contributed by atoms with Crippen LogP contribution >= 0.6 is 22.6 Å². The topological polar surface area (TPSA) is 49.3 Å². The lowest BCUT2D eigenvalue weighted by atomic mass is 10.1. The molecule has 0 heterocycles. The summed E-state index contributed by atoms with van der Waals surface area (Å²) in [6, 6.07) is 7.32. The molecule has 3 nitrogen and oxygen atoms in total. The second-order valence-corrected chi connectivity index (χ2v) is 5.25. The van der Waals surface area contributed by atoms with Crippen LogP contribution < -0.4 is 5.32 Å². The molecule has 0 aliphatic carbocycles.